The molecular weight excluding hydrogens is 453 g/mol. The maximum Gasteiger partial charge on any atom is 0.338 e. The lowest BCUT2D eigenvalue weighted by atomic mass is 10.1. The summed E-state index contributed by atoms with van der Waals surface area (Å²) in [6, 6.07) is 16.9. The average molecular weight is 477 g/mol. The second kappa shape index (κ2) is 12.8. The van der Waals surface area contributed by atoms with Gasteiger partial charge in [-0.2, -0.15) is 0 Å². The topological polar surface area (TPSA) is 62.7 Å². The largest absolute Gasteiger partial charge is 0.457 e. The van der Waals surface area contributed by atoms with E-state index in [1.807, 2.05) is 49.4 Å². The molecule has 2 N–H and O–H groups in total. The van der Waals surface area contributed by atoms with Crippen LogP contribution >= 0.6 is 24.0 Å². The fraction of sp³-hybridized carbons (Fsp3) is 0.238. The van der Waals surface area contributed by atoms with Crippen molar-refractivity contribution in [2.24, 2.45) is 4.99 Å². The molecular formula is C21H24IN3O2. The molecule has 0 radical (unpaired) electrons. The highest BCUT2D eigenvalue weighted by atomic mass is 127. The van der Waals surface area contributed by atoms with Gasteiger partial charge in [-0.05, 0) is 30.2 Å². The number of guanidine groups is 1. The molecule has 0 atom stereocenters. The van der Waals surface area contributed by atoms with E-state index in [1.54, 1.807) is 12.1 Å². The maximum absolute atomic E-state index is 12.2. The fourth-order valence-electron chi connectivity index (χ4n) is 2.25. The number of nitrogens with one attached hydrogen (secondary N) is 2. The van der Waals surface area contributed by atoms with Gasteiger partial charge in [0.25, 0.3) is 0 Å². The van der Waals surface area contributed by atoms with Gasteiger partial charge in [-0.1, -0.05) is 48.4 Å². The molecule has 0 heterocycles. The molecule has 0 saturated carbocycles. The highest BCUT2D eigenvalue weighted by molar-refractivity contribution is 14.0. The van der Waals surface area contributed by atoms with Crippen LogP contribution in [0, 0.1) is 12.3 Å². The molecule has 6 heteroatoms. The van der Waals surface area contributed by atoms with Crippen molar-refractivity contribution in [1.29, 1.82) is 0 Å². The van der Waals surface area contributed by atoms with Crippen molar-refractivity contribution in [3.63, 3.8) is 0 Å². The number of halogens is 1. The van der Waals surface area contributed by atoms with E-state index >= 15 is 0 Å². The molecule has 2 aromatic rings. The van der Waals surface area contributed by atoms with Gasteiger partial charge >= 0.3 is 5.97 Å². The van der Waals surface area contributed by atoms with Crippen LogP contribution < -0.4 is 10.6 Å². The molecule has 0 amide bonds. The van der Waals surface area contributed by atoms with Gasteiger partial charge in [-0.25, -0.2) is 9.79 Å². The predicted molar refractivity (Wildman–Crippen MR) is 119 cm³/mol. The Labute approximate surface area is 177 Å². The molecule has 0 aliphatic carbocycles. The van der Waals surface area contributed by atoms with Crippen LogP contribution in [0.2, 0.25) is 0 Å². The Morgan fingerprint density at radius 3 is 2.56 bits per heavy atom. The van der Waals surface area contributed by atoms with Crippen molar-refractivity contribution in [3.8, 4) is 12.3 Å². The van der Waals surface area contributed by atoms with Crippen LogP contribution in [0.1, 0.15) is 28.4 Å². The van der Waals surface area contributed by atoms with Crippen molar-refractivity contribution in [2.45, 2.75) is 20.1 Å². The minimum absolute atomic E-state index is 0. The molecule has 0 aliphatic rings. The zero-order valence-electron chi connectivity index (χ0n) is 15.3. The van der Waals surface area contributed by atoms with Gasteiger partial charge in [-0.15, -0.1) is 30.4 Å². The first-order valence-corrected chi connectivity index (χ1v) is 8.48. The van der Waals surface area contributed by atoms with Crippen LogP contribution in [0.25, 0.3) is 0 Å². The number of ether oxygens (including phenoxy) is 1. The first-order valence-electron chi connectivity index (χ1n) is 8.48. The molecule has 2 aromatic carbocycles. The highest BCUT2D eigenvalue weighted by Gasteiger charge is 2.08. The quantitative estimate of drug-likeness (QED) is 0.211. The van der Waals surface area contributed by atoms with Crippen molar-refractivity contribution in [3.05, 3.63) is 71.3 Å². The number of hydrogen-bond donors (Lipinski definition) is 2. The van der Waals surface area contributed by atoms with Crippen molar-refractivity contribution in [1.82, 2.24) is 10.6 Å². The number of carbonyl (C=O) groups is 1. The van der Waals surface area contributed by atoms with Gasteiger partial charge in [0.2, 0.25) is 0 Å². The molecule has 142 valence electrons. The van der Waals surface area contributed by atoms with E-state index in [4.69, 9.17) is 11.2 Å². The van der Waals surface area contributed by atoms with E-state index in [0.717, 1.165) is 17.7 Å². The van der Waals surface area contributed by atoms with E-state index in [-0.39, 0.29) is 36.6 Å². The van der Waals surface area contributed by atoms with Gasteiger partial charge in [-0.3, -0.25) is 0 Å². The zero-order chi connectivity index (χ0) is 18.6. The molecule has 0 aliphatic heterocycles. The van der Waals surface area contributed by atoms with E-state index < -0.39 is 0 Å². The summed E-state index contributed by atoms with van der Waals surface area (Å²) in [7, 11) is 0. The Balaban J connectivity index is 0.00000364. The van der Waals surface area contributed by atoms with Gasteiger partial charge in [0.05, 0.1) is 18.7 Å². The molecule has 27 heavy (non-hydrogen) atoms. The second-order valence-corrected chi connectivity index (χ2v) is 5.51. The normalized spacial score (nSPS) is 10.3. The van der Waals surface area contributed by atoms with E-state index in [9.17, 15) is 4.79 Å². The molecule has 0 spiro atoms. The summed E-state index contributed by atoms with van der Waals surface area (Å²) in [4.78, 5) is 16.7. The highest BCUT2D eigenvalue weighted by Crippen LogP contribution is 2.10. The lowest BCUT2D eigenvalue weighted by molar-refractivity contribution is 0.0472. The maximum atomic E-state index is 12.2. The summed E-state index contributed by atoms with van der Waals surface area (Å²) >= 11 is 0. The fourth-order valence-corrected chi connectivity index (χ4v) is 2.25. The summed E-state index contributed by atoms with van der Waals surface area (Å²) in [5.74, 6) is 2.80. The number of carbonyl (C=O) groups excluding carboxylic acids is 1. The predicted octanol–water partition coefficient (Wildman–Crippen LogP) is 3.35. The zero-order valence-corrected chi connectivity index (χ0v) is 17.6. The molecule has 0 aromatic heterocycles. The smallest absolute Gasteiger partial charge is 0.338 e. The Kier molecular flexibility index (Phi) is 10.6. The lowest BCUT2D eigenvalue weighted by Crippen LogP contribution is -2.37. The summed E-state index contributed by atoms with van der Waals surface area (Å²) in [5.41, 5.74) is 2.38. The third kappa shape index (κ3) is 8.13. The van der Waals surface area contributed by atoms with Gasteiger partial charge in [0.15, 0.2) is 5.96 Å². The van der Waals surface area contributed by atoms with Crippen LogP contribution in [-0.2, 0) is 17.9 Å². The summed E-state index contributed by atoms with van der Waals surface area (Å²) in [5, 5.41) is 6.14. The molecule has 5 nitrogen and oxygen atoms in total. The Bertz CT molecular complexity index is 786. The van der Waals surface area contributed by atoms with E-state index in [0.29, 0.717) is 24.6 Å². The minimum atomic E-state index is -0.350. The van der Waals surface area contributed by atoms with Crippen molar-refractivity contribution < 1.29 is 9.53 Å². The van der Waals surface area contributed by atoms with Crippen LogP contribution in [0.5, 0.6) is 0 Å². The average Bonchev–Trinajstić information content (AvgIpc) is 2.69. The summed E-state index contributed by atoms with van der Waals surface area (Å²) in [6.07, 6.45) is 5.26. The molecule has 0 unspecified atom stereocenters. The molecule has 0 fully saturated rings. The van der Waals surface area contributed by atoms with E-state index in [2.05, 4.69) is 21.5 Å². The molecule has 0 bridgehead atoms. The first kappa shape index (κ1) is 22.5. The number of aliphatic imine (C=N–C) groups is 1. The Morgan fingerprint density at radius 1 is 1.11 bits per heavy atom. The summed E-state index contributed by atoms with van der Waals surface area (Å²) < 4.78 is 5.36. The van der Waals surface area contributed by atoms with Crippen LogP contribution in [0.3, 0.4) is 0 Å². The number of benzene rings is 2. The molecule has 0 saturated heterocycles. The number of esters is 1. The van der Waals surface area contributed by atoms with Crippen molar-refractivity contribution in [2.75, 3.05) is 13.1 Å². The number of rotatable bonds is 7. The third-order valence-corrected chi connectivity index (χ3v) is 3.50. The molecule has 2 rings (SSSR count). The minimum Gasteiger partial charge on any atom is -0.457 e. The van der Waals surface area contributed by atoms with E-state index in [1.165, 1.54) is 0 Å². The van der Waals surface area contributed by atoms with Crippen LogP contribution in [-0.4, -0.2) is 25.0 Å². The standard InChI is InChI=1S/C21H23N3O2.HI/c1-3-13-23-21(22-4-2)24-15-18-11-8-12-19(14-18)20(25)26-16-17-9-6-5-7-10-17;/h1,5-12,14H,4,13,15-16H2,2H3,(H2,22,23,24);1H. The van der Waals surface area contributed by atoms with Crippen LogP contribution in [0.4, 0.5) is 0 Å². The first-order chi connectivity index (χ1) is 12.7. The Hall–Kier alpha value is -2.53. The second-order valence-electron chi connectivity index (χ2n) is 5.51. The van der Waals surface area contributed by atoms with Crippen molar-refractivity contribution >= 4 is 35.9 Å². The van der Waals surface area contributed by atoms with Crippen LogP contribution in [0.15, 0.2) is 59.6 Å². The Morgan fingerprint density at radius 2 is 1.85 bits per heavy atom. The number of nitrogens with zero attached hydrogens (tertiary/aromatic N) is 1. The SMILES string of the molecule is C#CCNC(=NCc1cccc(C(=O)OCc2ccccc2)c1)NCC.I. The van der Waals surface area contributed by atoms with Gasteiger partial charge in [0, 0.05) is 6.54 Å². The number of hydrogen-bond acceptors (Lipinski definition) is 3. The number of terminal acetylenes is 1. The monoisotopic (exact) mass is 477 g/mol. The van der Waals surface area contributed by atoms with Gasteiger partial charge in [0.1, 0.15) is 6.61 Å². The lowest BCUT2D eigenvalue weighted by Gasteiger charge is -2.09. The van der Waals surface area contributed by atoms with Gasteiger partial charge < -0.3 is 15.4 Å². The summed E-state index contributed by atoms with van der Waals surface area (Å²) in [6.45, 7) is 3.80. The third-order valence-electron chi connectivity index (χ3n) is 3.50.